The summed E-state index contributed by atoms with van der Waals surface area (Å²) in [5.74, 6) is 1.26. The van der Waals surface area contributed by atoms with E-state index in [1.165, 1.54) is 27.8 Å². The molecule has 34 heavy (non-hydrogen) atoms. The molecule has 0 amide bonds. The molecule has 1 aliphatic rings. The normalized spacial score (nSPS) is 14.8. The van der Waals surface area contributed by atoms with Gasteiger partial charge in [-0.15, -0.1) is 0 Å². The molecule has 0 bridgehead atoms. The monoisotopic (exact) mass is 506 g/mol. The van der Waals surface area contributed by atoms with Gasteiger partial charge in [0, 0.05) is 10.4 Å². The highest BCUT2D eigenvalue weighted by Crippen LogP contribution is 2.38. The first-order chi connectivity index (χ1) is 16.7. The molecule has 0 radical (unpaired) electrons. The summed E-state index contributed by atoms with van der Waals surface area (Å²) < 4.78 is 7.15. The molecule has 0 aliphatic heterocycles. The van der Waals surface area contributed by atoms with Gasteiger partial charge in [-0.25, -0.2) is 0 Å². The van der Waals surface area contributed by atoms with Gasteiger partial charge in [0.25, 0.3) is 0 Å². The predicted molar refractivity (Wildman–Crippen MR) is 147 cm³/mol. The number of hydrogen-bond acceptors (Lipinski definition) is 1. The SMILES string of the molecule is C=Cc1ccc(COc2ccc([C@@H]3CCC=Cc4ccc(-c5ccc(Br)cc5)cc43)cc2)cc1. The zero-order chi connectivity index (χ0) is 23.3. The average molecular weight is 507 g/mol. The summed E-state index contributed by atoms with van der Waals surface area (Å²) in [4.78, 5) is 0. The van der Waals surface area contributed by atoms with E-state index in [0.29, 0.717) is 12.5 Å². The van der Waals surface area contributed by atoms with Gasteiger partial charge >= 0.3 is 0 Å². The van der Waals surface area contributed by atoms with Crippen LogP contribution in [-0.4, -0.2) is 0 Å². The molecule has 4 aromatic rings. The molecule has 168 valence electrons. The Morgan fingerprint density at radius 1 is 0.853 bits per heavy atom. The summed E-state index contributed by atoms with van der Waals surface area (Å²) in [7, 11) is 0. The Labute approximate surface area is 210 Å². The summed E-state index contributed by atoms with van der Waals surface area (Å²) in [6.07, 6.45) is 8.60. The molecule has 0 fully saturated rings. The van der Waals surface area contributed by atoms with Crippen molar-refractivity contribution < 1.29 is 4.74 Å². The summed E-state index contributed by atoms with van der Waals surface area (Å²) in [6.45, 7) is 4.37. The lowest BCUT2D eigenvalue weighted by Gasteiger charge is -2.20. The van der Waals surface area contributed by atoms with Crippen LogP contribution in [-0.2, 0) is 6.61 Å². The lowest BCUT2D eigenvalue weighted by molar-refractivity contribution is 0.306. The van der Waals surface area contributed by atoms with Crippen molar-refractivity contribution in [3.63, 3.8) is 0 Å². The Bertz CT molecular complexity index is 1300. The van der Waals surface area contributed by atoms with Gasteiger partial charge in [-0.3, -0.25) is 0 Å². The Hall–Kier alpha value is -3.36. The van der Waals surface area contributed by atoms with Crippen LogP contribution in [0.3, 0.4) is 0 Å². The molecule has 0 N–H and O–H groups in total. The Kier molecular flexibility index (Phi) is 6.78. The maximum absolute atomic E-state index is 6.05. The van der Waals surface area contributed by atoms with E-state index < -0.39 is 0 Å². The van der Waals surface area contributed by atoms with E-state index in [2.05, 4.69) is 126 Å². The van der Waals surface area contributed by atoms with E-state index in [1.54, 1.807) is 0 Å². The van der Waals surface area contributed by atoms with E-state index in [9.17, 15) is 0 Å². The third-order valence-electron chi connectivity index (χ3n) is 6.46. The molecular weight excluding hydrogens is 480 g/mol. The molecule has 1 nitrogen and oxygen atoms in total. The van der Waals surface area contributed by atoms with Crippen LogP contribution in [0, 0.1) is 0 Å². The van der Waals surface area contributed by atoms with E-state index >= 15 is 0 Å². The van der Waals surface area contributed by atoms with Crippen molar-refractivity contribution in [2.75, 3.05) is 0 Å². The number of benzene rings is 4. The highest BCUT2D eigenvalue weighted by Gasteiger charge is 2.19. The largest absolute Gasteiger partial charge is 0.489 e. The van der Waals surface area contributed by atoms with Gasteiger partial charge in [0.2, 0.25) is 0 Å². The van der Waals surface area contributed by atoms with E-state index in [1.807, 2.05) is 6.08 Å². The van der Waals surface area contributed by atoms with E-state index in [4.69, 9.17) is 4.74 Å². The fourth-order valence-corrected chi connectivity index (χ4v) is 4.80. The predicted octanol–water partition coefficient (Wildman–Crippen LogP) is 9.28. The third-order valence-corrected chi connectivity index (χ3v) is 6.99. The molecule has 0 aromatic heterocycles. The van der Waals surface area contributed by atoms with Gasteiger partial charge in [-0.1, -0.05) is 101 Å². The second-order valence-corrected chi connectivity index (χ2v) is 9.60. The molecule has 0 saturated heterocycles. The van der Waals surface area contributed by atoms with Gasteiger partial charge in [-0.05, 0) is 82.1 Å². The zero-order valence-electron chi connectivity index (χ0n) is 19.1. The van der Waals surface area contributed by atoms with Gasteiger partial charge in [0.1, 0.15) is 12.4 Å². The van der Waals surface area contributed by atoms with Crippen molar-refractivity contribution in [3.05, 3.63) is 136 Å². The van der Waals surface area contributed by atoms with Gasteiger partial charge < -0.3 is 4.74 Å². The third kappa shape index (κ3) is 5.08. The summed E-state index contributed by atoms with van der Waals surface area (Å²) in [5.41, 5.74) is 8.81. The van der Waals surface area contributed by atoms with Crippen molar-refractivity contribution in [2.24, 2.45) is 0 Å². The molecule has 0 saturated carbocycles. The van der Waals surface area contributed by atoms with Crippen molar-refractivity contribution in [3.8, 4) is 16.9 Å². The van der Waals surface area contributed by atoms with E-state index in [0.717, 1.165) is 34.2 Å². The molecule has 1 atom stereocenters. The van der Waals surface area contributed by atoms with Gasteiger partial charge in [0.05, 0.1) is 0 Å². The molecule has 5 rings (SSSR count). The molecular formula is C32H27BrO. The van der Waals surface area contributed by atoms with Crippen molar-refractivity contribution in [1.82, 2.24) is 0 Å². The topological polar surface area (TPSA) is 9.23 Å². The zero-order valence-corrected chi connectivity index (χ0v) is 20.7. The fourth-order valence-electron chi connectivity index (χ4n) is 4.54. The van der Waals surface area contributed by atoms with Crippen LogP contribution in [0.1, 0.15) is 46.6 Å². The van der Waals surface area contributed by atoms with Crippen LogP contribution in [0.5, 0.6) is 5.75 Å². The maximum atomic E-state index is 6.05. The number of hydrogen-bond donors (Lipinski definition) is 0. The molecule has 0 heterocycles. The van der Waals surface area contributed by atoms with Crippen LogP contribution in [0.2, 0.25) is 0 Å². The molecule has 0 unspecified atom stereocenters. The maximum Gasteiger partial charge on any atom is 0.119 e. The number of rotatable bonds is 6. The molecule has 0 spiro atoms. The highest BCUT2D eigenvalue weighted by atomic mass is 79.9. The van der Waals surface area contributed by atoms with Crippen LogP contribution in [0.4, 0.5) is 0 Å². The first-order valence-corrected chi connectivity index (χ1v) is 12.5. The Balaban J connectivity index is 1.36. The first kappa shape index (κ1) is 22.4. The standard InChI is InChI=1S/C32H27BrO/c1-2-23-7-9-24(10-8-23)22-34-30-19-15-27(16-20-30)31-6-4-3-5-26-11-12-28(21-32(26)31)25-13-17-29(33)18-14-25/h2-3,5,7-21,31H,1,4,6,22H2/t31-/m0/s1. The number of ether oxygens (including phenoxy) is 1. The van der Waals surface area contributed by atoms with Crippen LogP contribution < -0.4 is 4.74 Å². The average Bonchev–Trinajstić information content (AvgIpc) is 3.10. The second-order valence-electron chi connectivity index (χ2n) is 8.69. The van der Waals surface area contributed by atoms with Crippen molar-refractivity contribution in [1.29, 1.82) is 0 Å². The summed E-state index contributed by atoms with van der Waals surface area (Å²) in [5, 5.41) is 0. The summed E-state index contributed by atoms with van der Waals surface area (Å²) >= 11 is 3.54. The highest BCUT2D eigenvalue weighted by molar-refractivity contribution is 9.10. The van der Waals surface area contributed by atoms with Crippen LogP contribution in [0.25, 0.3) is 23.3 Å². The van der Waals surface area contributed by atoms with Crippen LogP contribution >= 0.6 is 15.9 Å². The van der Waals surface area contributed by atoms with Crippen molar-refractivity contribution >= 4 is 28.1 Å². The number of fused-ring (bicyclic) bond motifs is 1. The quantitative estimate of drug-likeness (QED) is 0.253. The first-order valence-electron chi connectivity index (χ1n) is 11.7. The van der Waals surface area contributed by atoms with Gasteiger partial charge in [0.15, 0.2) is 0 Å². The minimum atomic E-state index is 0.362. The van der Waals surface area contributed by atoms with Crippen molar-refractivity contribution in [2.45, 2.75) is 25.4 Å². The lowest BCUT2D eigenvalue weighted by Crippen LogP contribution is -2.03. The van der Waals surface area contributed by atoms with Crippen LogP contribution in [0.15, 0.2) is 108 Å². The molecule has 2 heteroatoms. The summed E-state index contributed by atoms with van der Waals surface area (Å²) in [6, 6.07) is 32.4. The molecule has 4 aromatic carbocycles. The Morgan fingerprint density at radius 2 is 1.59 bits per heavy atom. The second kappa shape index (κ2) is 10.3. The van der Waals surface area contributed by atoms with E-state index in [-0.39, 0.29) is 0 Å². The minimum Gasteiger partial charge on any atom is -0.489 e. The lowest BCUT2D eigenvalue weighted by atomic mass is 9.85. The number of allylic oxidation sites excluding steroid dienone is 1. The fraction of sp³-hybridized carbons (Fsp3) is 0.125. The number of halogens is 1. The smallest absolute Gasteiger partial charge is 0.119 e. The Morgan fingerprint density at radius 3 is 2.32 bits per heavy atom. The molecule has 1 aliphatic carbocycles. The minimum absolute atomic E-state index is 0.362. The van der Waals surface area contributed by atoms with Gasteiger partial charge in [-0.2, -0.15) is 0 Å².